The number of carbonyl (C=O) groups is 1. The van der Waals surface area contributed by atoms with E-state index in [1.807, 2.05) is 11.4 Å². The van der Waals surface area contributed by atoms with E-state index in [1.54, 1.807) is 12.1 Å². The number of fused-ring (bicyclic) bond motifs is 1. The van der Waals surface area contributed by atoms with Crippen molar-refractivity contribution < 1.29 is 14.3 Å². The molecule has 1 aliphatic heterocycles. The first kappa shape index (κ1) is 14.1. The topological polar surface area (TPSA) is 35.5 Å². The van der Waals surface area contributed by atoms with E-state index in [9.17, 15) is 4.79 Å². The van der Waals surface area contributed by atoms with Crippen LogP contribution >= 0.6 is 43.2 Å². The van der Waals surface area contributed by atoms with Crippen molar-refractivity contribution in [2.45, 2.75) is 6.42 Å². The van der Waals surface area contributed by atoms with Crippen LogP contribution in [-0.4, -0.2) is 19.0 Å². The van der Waals surface area contributed by atoms with E-state index in [1.165, 1.54) is 11.3 Å². The lowest BCUT2D eigenvalue weighted by molar-refractivity contribution is 0.104. The van der Waals surface area contributed by atoms with Gasteiger partial charge in [0, 0.05) is 20.9 Å². The van der Waals surface area contributed by atoms with Crippen LogP contribution < -0.4 is 9.47 Å². The molecule has 1 aromatic heterocycles. The van der Waals surface area contributed by atoms with E-state index in [0.717, 1.165) is 10.9 Å². The summed E-state index contributed by atoms with van der Waals surface area (Å²) in [5.41, 5.74) is 0.581. The zero-order valence-electron chi connectivity index (χ0n) is 10.3. The molecular weight excluding hydrogens is 408 g/mol. The third kappa shape index (κ3) is 2.64. The van der Waals surface area contributed by atoms with Gasteiger partial charge in [-0.1, -0.05) is 0 Å². The highest BCUT2D eigenvalue weighted by atomic mass is 79.9. The molecule has 0 unspecified atom stereocenters. The van der Waals surface area contributed by atoms with Gasteiger partial charge in [-0.05, 0) is 55.4 Å². The predicted molar refractivity (Wildman–Crippen MR) is 85.2 cm³/mol. The van der Waals surface area contributed by atoms with Crippen molar-refractivity contribution in [1.82, 2.24) is 0 Å². The molecule has 104 valence electrons. The van der Waals surface area contributed by atoms with Crippen molar-refractivity contribution in [3.63, 3.8) is 0 Å². The maximum Gasteiger partial charge on any atom is 0.205 e. The van der Waals surface area contributed by atoms with Crippen LogP contribution in [0.4, 0.5) is 0 Å². The molecule has 1 aromatic carbocycles. The molecule has 0 N–H and O–H groups in total. The van der Waals surface area contributed by atoms with Gasteiger partial charge in [0.1, 0.15) is 0 Å². The van der Waals surface area contributed by atoms with Crippen LogP contribution in [0.3, 0.4) is 0 Å². The average molecular weight is 418 g/mol. The molecular formula is C14H10Br2O3S. The largest absolute Gasteiger partial charge is 0.490 e. The summed E-state index contributed by atoms with van der Waals surface area (Å²) in [4.78, 5) is 13.3. The number of hydrogen-bond acceptors (Lipinski definition) is 4. The van der Waals surface area contributed by atoms with E-state index >= 15 is 0 Å². The molecule has 6 heteroatoms. The average Bonchev–Trinajstić information content (AvgIpc) is 2.72. The number of hydrogen-bond donors (Lipinski definition) is 0. The van der Waals surface area contributed by atoms with E-state index in [0.29, 0.717) is 39.6 Å². The van der Waals surface area contributed by atoms with Gasteiger partial charge in [0.2, 0.25) is 5.78 Å². The monoisotopic (exact) mass is 416 g/mol. The van der Waals surface area contributed by atoms with Crippen LogP contribution in [0, 0.1) is 0 Å². The van der Waals surface area contributed by atoms with Crippen molar-refractivity contribution in [1.29, 1.82) is 0 Å². The van der Waals surface area contributed by atoms with Crippen molar-refractivity contribution in [3.05, 3.63) is 43.0 Å². The lowest BCUT2D eigenvalue weighted by Crippen LogP contribution is -2.02. The Labute approximate surface area is 137 Å². The molecule has 3 nitrogen and oxygen atoms in total. The Kier molecular flexibility index (Phi) is 4.14. The lowest BCUT2D eigenvalue weighted by Gasteiger charge is -2.10. The molecule has 0 bridgehead atoms. The molecule has 0 aliphatic carbocycles. The van der Waals surface area contributed by atoms with Gasteiger partial charge in [-0.2, -0.15) is 0 Å². The molecule has 2 heterocycles. The maximum absolute atomic E-state index is 12.6. The van der Waals surface area contributed by atoms with Gasteiger partial charge >= 0.3 is 0 Å². The van der Waals surface area contributed by atoms with Gasteiger partial charge in [-0.3, -0.25) is 4.79 Å². The summed E-state index contributed by atoms with van der Waals surface area (Å²) in [5, 5.41) is 1.88. The minimum Gasteiger partial charge on any atom is -0.490 e. The molecule has 0 saturated heterocycles. The fourth-order valence-corrected chi connectivity index (χ4v) is 3.94. The summed E-state index contributed by atoms with van der Waals surface area (Å²) < 4.78 is 12.8. The Hall–Kier alpha value is -0.850. The van der Waals surface area contributed by atoms with Crippen LogP contribution in [0.2, 0.25) is 0 Å². The second kappa shape index (κ2) is 5.87. The molecule has 0 atom stereocenters. The number of benzene rings is 1. The summed E-state index contributed by atoms with van der Waals surface area (Å²) in [5.74, 6) is 1.27. The normalized spacial score (nSPS) is 13.9. The summed E-state index contributed by atoms with van der Waals surface area (Å²) in [6.45, 7) is 1.23. The molecule has 0 fully saturated rings. The maximum atomic E-state index is 12.6. The molecule has 3 rings (SSSR count). The van der Waals surface area contributed by atoms with Crippen LogP contribution in [0.15, 0.2) is 32.5 Å². The second-order valence-corrected chi connectivity index (χ2v) is 6.88. The number of rotatable bonds is 2. The zero-order valence-corrected chi connectivity index (χ0v) is 14.3. The summed E-state index contributed by atoms with van der Waals surface area (Å²) >= 11 is 8.25. The molecule has 20 heavy (non-hydrogen) atoms. The highest BCUT2D eigenvalue weighted by molar-refractivity contribution is 9.11. The predicted octanol–water partition coefficient (Wildman–Crippen LogP) is 4.67. The Morgan fingerprint density at radius 1 is 1.10 bits per heavy atom. The third-order valence-electron chi connectivity index (χ3n) is 2.91. The van der Waals surface area contributed by atoms with Crippen LogP contribution in [0.5, 0.6) is 11.5 Å². The summed E-state index contributed by atoms with van der Waals surface area (Å²) in [7, 11) is 0. The van der Waals surface area contributed by atoms with Gasteiger partial charge in [-0.15, -0.1) is 11.3 Å². The van der Waals surface area contributed by atoms with E-state index in [4.69, 9.17) is 9.47 Å². The summed E-state index contributed by atoms with van der Waals surface area (Å²) in [6.07, 6.45) is 0.839. The molecule has 1 aliphatic rings. The van der Waals surface area contributed by atoms with Gasteiger partial charge in [-0.25, -0.2) is 0 Å². The Balaban J connectivity index is 2.04. The van der Waals surface area contributed by atoms with Gasteiger partial charge < -0.3 is 9.47 Å². The van der Waals surface area contributed by atoms with Crippen LogP contribution in [-0.2, 0) is 0 Å². The van der Waals surface area contributed by atoms with E-state index in [-0.39, 0.29) is 5.78 Å². The SMILES string of the molecule is O=C(c1cc2c(cc1Br)OCCCO2)c1sccc1Br. The van der Waals surface area contributed by atoms with Crippen molar-refractivity contribution in [2.24, 2.45) is 0 Å². The molecule has 2 aromatic rings. The minimum atomic E-state index is -0.0330. The van der Waals surface area contributed by atoms with Gasteiger partial charge in [0.15, 0.2) is 11.5 Å². The molecule has 0 amide bonds. The Morgan fingerprint density at radius 3 is 2.45 bits per heavy atom. The lowest BCUT2D eigenvalue weighted by atomic mass is 10.1. The highest BCUT2D eigenvalue weighted by Gasteiger charge is 2.21. The minimum absolute atomic E-state index is 0.0330. The number of thiophene rings is 1. The quantitative estimate of drug-likeness (QED) is 0.666. The zero-order chi connectivity index (χ0) is 14.1. The smallest absolute Gasteiger partial charge is 0.205 e. The standard InChI is InChI=1S/C14H10Br2O3S/c15-9-2-5-20-14(9)13(17)8-6-11-12(7-10(8)16)19-4-1-3-18-11/h2,5-7H,1,3-4H2. The van der Waals surface area contributed by atoms with E-state index < -0.39 is 0 Å². The number of ketones is 1. The van der Waals surface area contributed by atoms with Crippen molar-refractivity contribution in [2.75, 3.05) is 13.2 Å². The first-order valence-electron chi connectivity index (χ1n) is 6.03. The Bertz CT molecular complexity index is 666. The first-order valence-corrected chi connectivity index (χ1v) is 8.50. The van der Waals surface area contributed by atoms with Crippen LogP contribution in [0.25, 0.3) is 0 Å². The second-order valence-electron chi connectivity index (χ2n) is 4.26. The summed E-state index contributed by atoms with van der Waals surface area (Å²) in [6, 6.07) is 5.42. The van der Waals surface area contributed by atoms with Crippen molar-refractivity contribution >= 4 is 49.0 Å². The van der Waals surface area contributed by atoms with Crippen molar-refractivity contribution in [3.8, 4) is 11.5 Å². The molecule has 0 saturated carbocycles. The molecule has 0 spiro atoms. The van der Waals surface area contributed by atoms with E-state index in [2.05, 4.69) is 31.9 Å². The first-order chi connectivity index (χ1) is 9.66. The number of carbonyl (C=O) groups excluding carboxylic acids is 1. The highest BCUT2D eigenvalue weighted by Crippen LogP contribution is 2.37. The van der Waals surface area contributed by atoms with Gasteiger partial charge in [0.05, 0.1) is 18.1 Å². The fraction of sp³-hybridized carbons (Fsp3) is 0.214. The fourth-order valence-electron chi connectivity index (χ4n) is 1.94. The number of halogens is 2. The van der Waals surface area contributed by atoms with Gasteiger partial charge in [0.25, 0.3) is 0 Å². The third-order valence-corrected chi connectivity index (χ3v) is 5.40. The number of ether oxygens (including phenoxy) is 2. The van der Waals surface area contributed by atoms with Crippen LogP contribution in [0.1, 0.15) is 21.7 Å². The molecule has 0 radical (unpaired) electrons. The Morgan fingerprint density at radius 2 is 1.80 bits per heavy atom.